The fourth-order valence-corrected chi connectivity index (χ4v) is 2.20. The largest absolute Gasteiger partial charge is 0.487 e. The Kier molecular flexibility index (Phi) is 13.3. The van der Waals surface area contributed by atoms with Crippen molar-refractivity contribution >= 4 is 0 Å². The first kappa shape index (κ1) is 29.7. The molecule has 0 fully saturated rings. The lowest BCUT2D eigenvalue weighted by molar-refractivity contribution is 0.241. The van der Waals surface area contributed by atoms with Gasteiger partial charge in [0, 0.05) is 11.1 Å². The summed E-state index contributed by atoms with van der Waals surface area (Å²) in [6.07, 6.45) is 9.39. The van der Waals surface area contributed by atoms with Crippen LogP contribution in [0, 0.1) is 5.92 Å². The highest BCUT2D eigenvalue weighted by atomic mass is 19.2. The molecule has 0 heterocycles. The van der Waals surface area contributed by atoms with Gasteiger partial charge in [0.1, 0.15) is 12.4 Å². The van der Waals surface area contributed by atoms with Gasteiger partial charge in [-0.15, -0.1) is 0 Å². The van der Waals surface area contributed by atoms with Crippen LogP contribution in [-0.2, 0) is 4.74 Å². The molecule has 0 spiro atoms. The summed E-state index contributed by atoms with van der Waals surface area (Å²) in [5.74, 6) is -3.09. The Morgan fingerprint density at radius 2 is 1.42 bits per heavy atom. The van der Waals surface area contributed by atoms with Crippen molar-refractivity contribution in [1.29, 1.82) is 0 Å². The second-order valence-electron chi connectivity index (χ2n) is 7.65. The minimum Gasteiger partial charge on any atom is -0.487 e. The van der Waals surface area contributed by atoms with Crippen LogP contribution in [0.5, 0.6) is 0 Å². The number of hydrogen-bond donors (Lipinski definition) is 0. The second-order valence-corrected chi connectivity index (χ2v) is 7.65. The number of ether oxygens (including phenoxy) is 1. The molecule has 178 valence electrons. The molecule has 0 bridgehead atoms. The van der Waals surface area contributed by atoms with E-state index in [1.807, 2.05) is 13.0 Å². The maximum Gasteiger partial charge on any atom is 0.200 e. The smallest absolute Gasteiger partial charge is 0.200 e. The maximum atomic E-state index is 14.6. The molecule has 0 aliphatic rings. The first-order valence-corrected chi connectivity index (χ1v) is 10.5. The second kappa shape index (κ2) is 14.7. The van der Waals surface area contributed by atoms with Crippen molar-refractivity contribution in [2.45, 2.75) is 33.6 Å². The third-order valence-electron chi connectivity index (χ3n) is 4.96. The lowest BCUT2D eigenvalue weighted by atomic mass is 9.99. The van der Waals surface area contributed by atoms with Gasteiger partial charge in [0.2, 0.25) is 5.83 Å². The van der Waals surface area contributed by atoms with E-state index in [4.69, 9.17) is 4.74 Å². The van der Waals surface area contributed by atoms with Crippen LogP contribution in [0.4, 0.5) is 13.2 Å². The zero-order chi connectivity index (χ0) is 25.7. The molecular weight excluding hydrogens is 421 g/mol. The highest BCUT2D eigenvalue weighted by molar-refractivity contribution is 5.54. The molecule has 0 saturated heterocycles. The fraction of sp³-hybridized carbons (Fsp3) is 0.241. The third-order valence-corrected chi connectivity index (χ3v) is 4.96. The summed E-state index contributed by atoms with van der Waals surface area (Å²) >= 11 is 0. The zero-order valence-corrected chi connectivity index (χ0v) is 20.1. The molecule has 4 heteroatoms. The Balaban J connectivity index is 5.26. The molecule has 1 unspecified atom stereocenters. The van der Waals surface area contributed by atoms with E-state index in [0.717, 1.165) is 18.4 Å². The maximum absolute atomic E-state index is 14.6. The van der Waals surface area contributed by atoms with E-state index in [-0.39, 0.29) is 28.9 Å². The summed E-state index contributed by atoms with van der Waals surface area (Å²) in [5, 5.41) is 0. The normalized spacial score (nSPS) is 13.8. The molecule has 1 nitrogen and oxygen atoms in total. The predicted octanol–water partition coefficient (Wildman–Crippen LogP) is 9.43. The van der Waals surface area contributed by atoms with E-state index in [0.29, 0.717) is 11.5 Å². The van der Waals surface area contributed by atoms with E-state index >= 15 is 0 Å². The van der Waals surface area contributed by atoms with Crippen molar-refractivity contribution in [3.63, 3.8) is 0 Å². The highest BCUT2D eigenvalue weighted by Crippen LogP contribution is 2.28. The van der Waals surface area contributed by atoms with Crippen LogP contribution < -0.4 is 0 Å². The molecule has 33 heavy (non-hydrogen) atoms. The third kappa shape index (κ3) is 10.3. The van der Waals surface area contributed by atoms with Gasteiger partial charge in [0.05, 0.1) is 0 Å². The van der Waals surface area contributed by atoms with Crippen LogP contribution in [0.1, 0.15) is 33.6 Å². The first-order chi connectivity index (χ1) is 15.4. The van der Waals surface area contributed by atoms with Gasteiger partial charge in [-0.2, -0.15) is 4.39 Å². The molecular formula is C29H35F3O. The van der Waals surface area contributed by atoms with Crippen molar-refractivity contribution < 1.29 is 17.9 Å². The lowest BCUT2D eigenvalue weighted by Gasteiger charge is -2.09. The summed E-state index contributed by atoms with van der Waals surface area (Å²) in [7, 11) is 0. The zero-order valence-electron chi connectivity index (χ0n) is 20.1. The van der Waals surface area contributed by atoms with Crippen molar-refractivity contribution in [1.82, 2.24) is 0 Å². The van der Waals surface area contributed by atoms with Gasteiger partial charge >= 0.3 is 0 Å². The van der Waals surface area contributed by atoms with Crippen LogP contribution in [0.25, 0.3) is 0 Å². The van der Waals surface area contributed by atoms with Gasteiger partial charge in [-0.1, -0.05) is 90.6 Å². The van der Waals surface area contributed by atoms with E-state index in [1.165, 1.54) is 24.3 Å². The molecule has 0 N–H and O–H groups in total. The minimum atomic E-state index is -1.29. The van der Waals surface area contributed by atoms with Crippen LogP contribution in [0.3, 0.4) is 0 Å². The Hall–Kier alpha value is -3.27. The topological polar surface area (TPSA) is 9.23 Å². The van der Waals surface area contributed by atoms with Gasteiger partial charge in [0.25, 0.3) is 0 Å². The molecule has 0 aromatic heterocycles. The summed E-state index contributed by atoms with van der Waals surface area (Å²) in [6.45, 7) is 31.4. The van der Waals surface area contributed by atoms with E-state index in [1.54, 1.807) is 0 Å². The molecule has 1 atom stereocenters. The monoisotopic (exact) mass is 456 g/mol. The Morgan fingerprint density at radius 1 is 0.879 bits per heavy atom. The Labute approximate surface area is 197 Å². The molecule has 0 aromatic carbocycles. The molecule has 0 saturated carbocycles. The predicted molar refractivity (Wildman–Crippen MR) is 136 cm³/mol. The summed E-state index contributed by atoms with van der Waals surface area (Å²) in [5.41, 5.74) is 1.44. The van der Waals surface area contributed by atoms with Gasteiger partial charge < -0.3 is 4.74 Å². The standard InChI is InChI=1S/C29H35F3O/c1-11-17-33-26(10)29(32)28(31)25(9)22(6)16-15-21(5)24(8)27(30)18-23(7)20(4)14-13-19(3)12-2/h11,14-16,18-19H,1,5-10,12-13,17H2,2-4H3/b16-15-,20-14+,27-18+,29-28-. The van der Waals surface area contributed by atoms with E-state index in [9.17, 15) is 13.2 Å². The molecule has 0 aliphatic heterocycles. The van der Waals surface area contributed by atoms with Crippen molar-refractivity contribution in [3.05, 3.63) is 133 Å². The average molecular weight is 457 g/mol. The van der Waals surface area contributed by atoms with Crippen molar-refractivity contribution in [3.8, 4) is 0 Å². The average Bonchev–Trinajstić information content (AvgIpc) is 2.81. The van der Waals surface area contributed by atoms with Gasteiger partial charge in [-0.25, -0.2) is 8.78 Å². The van der Waals surface area contributed by atoms with Crippen LogP contribution >= 0.6 is 0 Å². The van der Waals surface area contributed by atoms with Crippen LogP contribution in [-0.4, -0.2) is 6.61 Å². The number of rotatable bonds is 15. The van der Waals surface area contributed by atoms with Gasteiger partial charge in [-0.05, 0) is 47.6 Å². The molecule has 0 aliphatic carbocycles. The van der Waals surface area contributed by atoms with Crippen LogP contribution in [0.2, 0.25) is 0 Å². The highest BCUT2D eigenvalue weighted by Gasteiger charge is 2.15. The number of hydrogen-bond acceptors (Lipinski definition) is 1. The van der Waals surface area contributed by atoms with E-state index < -0.39 is 23.2 Å². The summed E-state index contributed by atoms with van der Waals surface area (Å²) < 4.78 is 47.9. The minimum absolute atomic E-state index is 0.0204. The van der Waals surface area contributed by atoms with Crippen LogP contribution in [0.15, 0.2) is 133 Å². The lowest BCUT2D eigenvalue weighted by Crippen LogP contribution is -1.96. The SMILES string of the molecule is C=CCOC(=C)/C(F)=C(/F)C(=C)C(=C)/C=C\C(=C)C(=C)/C(F)=C\C(=C)/C(C)=C/CC(C)CC. The molecule has 0 radical (unpaired) electrons. The number of allylic oxidation sites excluding steroid dienone is 13. The van der Waals surface area contributed by atoms with Crippen molar-refractivity contribution in [2.75, 3.05) is 6.61 Å². The summed E-state index contributed by atoms with van der Waals surface area (Å²) in [6, 6.07) is 0. The molecule has 0 aromatic rings. The van der Waals surface area contributed by atoms with E-state index in [2.05, 4.69) is 59.9 Å². The molecule has 0 amide bonds. The van der Waals surface area contributed by atoms with Crippen molar-refractivity contribution in [2.24, 2.45) is 5.92 Å². The van der Waals surface area contributed by atoms with Gasteiger partial charge in [0.15, 0.2) is 11.6 Å². The van der Waals surface area contributed by atoms with Gasteiger partial charge in [-0.3, -0.25) is 0 Å². The first-order valence-electron chi connectivity index (χ1n) is 10.5. The fourth-order valence-electron chi connectivity index (χ4n) is 2.20. The Morgan fingerprint density at radius 3 is 1.94 bits per heavy atom. The molecule has 0 rings (SSSR count). The number of halogens is 3. The summed E-state index contributed by atoms with van der Waals surface area (Å²) in [4.78, 5) is 0. The Bertz CT molecular complexity index is 951. The quantitative estimate of drug-likeness (QED) is 0.135.